The molecule has 1 rings (SSSR count). The molecule has 1 fully saturated rings. The second-order valence-corrected chi connectivity index (χ2v) is 4.98. The zero-order chi connectivity index (χ0) is 12.3. The Kier molecular flexibility index (Phi) is 3.83. The van der Waals surface area contributed by atoms with Gasteiger partial charge in [0.05, 0.1) is 12.5 Å². The highest BCUT2D eigenvalue weighted by Crippen LogP contribution is 2.36. The Balaban J connectivity index is 2.66. The van der Waals surface area contributed by atoms with Gasteiger partial charge in [0.1, 0.15) is 5.78 Å². The van der Waals surface area contributed by atoms with Crippen molar-refractivity contribution in [1.82, 2.24) is 0 Å². The molecule has 0 aliphatic heterocycles. The number of Topliss-reactive ketones (excluding diaryl/α,β-unsaturated/α-hetero) is 2. The number of rotatable bonds is 3. The SMILES string of the molecule is CCOC(=O)C(=O)[C@@H]1CCC(C)(C)CC1=O. The van der Waals surface area contributed by atoms with Crippen LogP contribution in [0.3, 0.4) is 0 Å². The van der Waals surface area contributed by atoms with Crippen LogP contribution in [0.5, 0.6) is 0 Å². The quantitative estimate of drug-likeness (QED) is 0.416. The summed E-state index contributed by atoms with van der Waals surface area (Å²) < 4.78 is 4.62. The predicted molar refractivity (Wildman–Crippen MR) is 57.8 cm³/mol. The minimum Gasteiger partial charge on any atom is -0.460 e. The van der Waals surface area contributed by atoms with Gasteiger partial charge in [-0.25, -0.2) is 4.79 Å². The van der Waals surface area contributed by atoms with Crippen molar-refractivity contribution in [2.24, 2.45) is 11.3 Å². The van der Waals surface area contributed by atoms with Gasteiger partial charge in [0, 0.05) is 6.42 Å². The summed E-state index contributed by atoms with van der Waals surface area (Å²) in [7, 11) is 0. The maximum Gasteiger partial charge on any atom is 0.375 e. The minimum atomic E-state index is -0.874. The summed E-state index contributed by atoms with van der Waals surface area (Å²) in [6.07, 6.45) is 1.61. The number of carbonyl (C=O) groups is 3. The molecule has 0 saturated heterocycles. The second kappa shape index (κ2) is 4.76. The lowest BCUT2D eigenvalue weighted by Gasteiger charge is -2.31. The van der Waals surface area contributed by atoms with Gasteiger partial charge in [-0.3, -0.25) is 9.59 Å². The highest BCUT2D eigenvalue weighted by molar-refractivity contribution is 6.38. The van der Waals surface area contributed by atoms with Crippen LogP contribution >= 0.6 is 0 Å². The maximum atomic E-state index is 11.7. The van der Waals surface area contributed by atoms with E-state index in [-0.39, 0.29) is 17.8 Å². The van der Waals surface area contributed by atoms with Crippen molar-refractivity contribution in [1.29, 1.82) is 0 Å². The molecule has 1 aliphatic rings. The van der Waals surface area contributed by atoms with Crippen molar-refractivity contribution in [3.8, 4) is 0 Å². The zero-order valence-corrected chi connectivity index (χ0v) is 10.0. The Morgan fingerprint density at radius 1 is 1.44 bits per heavy atom. The average Bonchev–Trinajstić information content (AvgIpc) is 2.16. The summed E-state index contributed by atoms with van der Waals surface area (Å²) in [6.45, 7) is 5.79. The lowest BCUT2D eigenvalue weighted by atomic mass is 9.71. The first-order chi connectivity index (χ1) is 7.37. The number of ether oxygens (including phenoxy) is 1. The first kappa shape index (κ1) is 12.9. The monoisotopic (exact) mass is 226 g/mol. The molecule has 0 radical (unpaired) electrons. The smallest absolute Gasteiger partial charge is 0.375 e. The molecule has 1 atom stereocenters. The van der Waals surface area contributed by atoms with E-state index in [4.69, 9.17) is 0 Å². The first-order valence-electron chi connectivity index (χ1n) is 5.61. The molecule has 1 aliphatic carbocycles. The van der Waals surface area contributed by atoms with Crippen molar-refractivity contribution in [3.05, 3.63) is 0 Å². The molecule has 0 spiro atoms. The molecule has 0 aromatic heterocycles. The molecular formula is C12H18O4. The summed E-state index contributed by atoms with van der Waals surface area (Å²) in [5, 5.41) is 0. The maximum absolute atomic E-state index is 11.7. The summed E-state index contributed by atoms with van der Waals surface area (Å²) in [6, 6.07) is 0. The zero-order valence-electron chi connectivity index (χ0n) is 10.0. The molecular weight excluding hydrogens is 208 g/mol. The van der Waals surface area contributed by atoms with Crippen LogP contribution in [0, 0.1) is 11.3 Å². The van der Waals surface area contributed by atoms with E-state index >= 15 is 0 Å². The Bertz CT molecular complexity index is 317. The fourth-order valence-electron chi connectivity index (χ4n) is 2.00. The third-order valence-electron chi connectivity index (χ3n) is 2.94. The van der Waals surface area contributed by atoms with Crippen LogP contribution in [0.2, 0.25) is 0 Å². The van der Waals surface area contributed by atoms with E-state index in [1.165, 1.54) is 0 Å². The van der Waals surface area contributed by atoms with Crippen LogP contribution in [-0.2, 0) is 19.1 Å². The molecule has 0 unspecified atom stereocenters. The van der Waals surface area contributed by atoms with E-state index in [9.17, 15) is 14.4 Å². The fraction of sp³-hybridized carbons (Fsp3) is 0.750. The summed E-state index contributed by atoms with van der Waals surface area (Å²) >= 11 is 0. The van der Waals surface area contributed by atoms with Gasteiger partial charge in [0.2, 0.25) is 5.78 Å². The van der Waals surface area contributed by atoms with Crippen LogP contribution in [0.15, 0.2) is 0 Å². The number of hydrogen-bond donors (Lipinski definition) is 0. The Morgan fingerprint density at radius 3 is 2.56 bits per heavy atom. The van der Waals surface area contributed by atoms with E-state index in [1.54, 1.807) is 6.92 Å². The Morgan fingerprint density at radius 2 is 2.06 bits per heavy atom. The van der Waals surface area contributed by atoms with Crippen LogP contribution in [-0.4, -0.2) is 24.1 Å². The summed E-state index contributed by atoms with van der Waals surface area (Å²) in [5.74, 6) is -2.45. The van der Waals surface area contributed by atoms with Gasteiger partial charge in [-0.05, 0) is 25.2 Å². The average molecular weight is 226 g/mol. The van der Waals surface area contributed by atoms with E-state index in [1.807, 2.05) is 13.8 Å². The van der Waals surface area contributed by atoms with Crippen LogP contribution < -0.4 is 0 Å². The first-order valence-corrected chi connectivity index (χ1v) is 5.61. The predicted octanol–water partition coefficient (Wildman–Crippen LogP) is 1.51. The molecule has 16 heavy (non-hydrogen) atoms. The third-order valence-corrected chi connectivity index (χ3v) is 2.94. The molecule has 0 bridgehead atoms. The van der Waals surface area contributed by atoms with Crippen LogP contribution in [0.4, 0.5) is 0 Å². The van der Waals surface area contributed by atoms with E-state index < -0.39 is 17.7 Å². The molecule has 4 nitrogen and oxygen atoms in total. The molecule has 1 saturated carbocycles. The number of hydrogen-bond acceptors (Lipinski definition) is 4. The minimum absolute atomic E-state index is 0.0531. The topological polar surface area (TPSA) is 60.4 Å². The van der Waals surface area contributed by atoms with Gasteiger partial charge < -0.3 is 4.74 Å². The molecule has 0 aromatic carbocycles. The normalized spacial score (nSPS) is 23.9. The van der Waals surface area contributed by atoms with E-state index in [2.05, 4.69) is 4.74 Å². The highest BCUT2D eigenvalue weighted by Gasteiger charge is 2.39. The van der Waals surface area contributed by atoms with E-state index in [0.29, 0.717) is 12.8 Å². The van der Waals surface area contributed by atoms with Gasteiger partial charge in [0.25, 0.3) is 0 Å². The number of esters is 1. The second-order valence-electron chi connectivity index (χ2n) is 4.98. The largest absolute Gasteiger partial charge is 0.460 e. The molecule has 0 N–H and O–H groups in total. The number of carbonyl (C=O) groups excluding carboxylic acids is 3. The van der Waals surface area contributed by atoms with Gasteiger partial charge in [-0.1, -0.05) is 13.8 Å². The third kappa shape index (κ3) is 2.90. The van der Waals surface area contributed by atoms with Gasteiger partial charge in [-0.2, -0.15) is 0 Å². The Labute approximate surface area is 95.3 Å². The standard InChI is InChI=1S/C12H18O4/c1-4-16-11(15)10(14)8-5-6-12(2,3)7-9(8)13/h8H,4-7H2,1-3H3/t8-/m1/s1. The van der Waals surface area contributed by atoms with Gasteiger partial charge in [0.15, 0.2) is 0 Å². The summed E-state index contributed by atoms with van der Waals surface area (Å²) in [4.78, 5) is 34.6. The lowest BCUT2D eigenvalue weighted by Crippen LogP contribution is -2.38. The van der Waals surface area contributed by atoms with Crippen LogP contribution in [0.1, 0.15) is 40.0 Å². The summed E-state index contributed by atoms with van der Waals surface area (Å²) in [5.41, 5.74) is -0.0531. The van der Waals surface area contributed by atoms with Crippen molar-refractivity contribution in [2.75, 3.05) is 6.61 Å². The molecule has 4 heteroatoms. The van der Waals surface area contributed by atoms with E-state index in [0.717, 1.165) is 6.42 Å². The van der Waals surface area contributed by atoms with Crippen LogP contribution in [0.25, 0.3) is 0 Å². The Hall–Kier alpha value is -1.19. The van der Waals surface area contributed by atoms with Gasteiger partial charge in [-0.15, -0.1) is 0 Å². The van der Waals surface area contributed by atoms with Crippen molar-refractivity contribution in [3.63, 3.8) is 0 Å². The highest BCUT2D eigenvalue weighted by atomic mass is 16.5. The van der Waals surface area contributed by atoms with Gasteiger partial charge >= 0.3 is 5.97 Å². The molecule has 90 valence electrons. The van der Waals surface area contributed by atoms with Crippen molar-refractivity contribution >= 4 is 17.5 Å². The molecule has 0 amide bonds. The lowest BCUT2D eigenvalue weighted by molar-refractivity contribution is -0.158. The molecule has 0 heterocycles. The molecule has 0 aromatic rings. The fourth-order valence-corrected chi connectivity index (χ4v) is 2.00. The van der Waals surface area contributed by atoms with Crippen molar-refractivity contribution in [2.45, 2.75) is 40.0 Å². The van der Waals surface area contributed by atoms with Crippen molar-refractivity contribution < 1.29 is 19.1 Å². The number of ketones is 2.